The number of amides is 1. The maximum Gasteiger partial charge on any atom is 0.490 e. The van der Waals surface area contributed by atoms with Crippen molar-refractivity contribution >= 4 is 29.0 Å². The van der Waals surface area contributed by atoms with Crippen LogP contribution in [0.25, 0.3) is 0 Å². The molecule has 0 saturated carbocycles. The van der Waals surface area contributed by atoms with Gasteiger partial charge in [-0.2, -0.15) is 27.1 Å². The van der Waals surface area contributed by atoms with Gasteiger partial charge < -0.3 is 20.9 Å². The molecule has 1 aliphatic heterocycles. The molecule has 1 atom stereocenters. The van der Waals surface area contributed by atoms with E-state index in [1.54, 1.807) is 30.5 Å². The van der Waals surface area contributed by atoms with E-state index in [1.807, 2.05) is 0 Å². The van der Waals surface area contributed by atoms with Crippen molar-refractivity contribution in [2.24, 2.45) is 5.73 Å². The van der Waals surface area contributed by atoms with Crippen LogP contribution in [0.5, 0.6) is 5.75 Å². The molecule has 1 aliphatic rings. The zero-order valence-corrected chi connectivity index (χ0v) is 20.2. The van der Waals surface area contributed by atoms with Gasteiger partial charge in [0.05, 0.1) is 18.0 Å². The van der Waals surface area contributed by atoms with Gasteiger partial charge in [0.1, 0.15) is 6.33 Å². The third-order valence-electron chi connectivity index (χ3n) is 4.70. The molecular formula is C22H17F5N6O5S. The van der Waals surface area contributed by atoms with Crippen molar-refractivity contribution in [3.8, 4) is 17.6 Å². The molecule has 0 aliphatic carbocycles. The van der Waals surface area contributed by atoms with Crippen LogP contribution in [0.2, 0.25) is 0 Å². The first-order valence-electron chi connectivity index (χ1n) is 10.6. The molecule has 0 spiro atoms. The molecule has 0 fully saturated rings. The van der Waals surface area contributed by atoms with Gasteiger partial charge in [-0.3, -0.25) is 9.36 Å². The van der Waals surface area contributed by atoms with Crippen LogP contribution in [-0.2, 0) is 22.7 Å². The molecular weight excluding hydrogens is 555 g/mol. The van der Waals surface area contributed by atoms with E-state index in [9.17, 15) is 31.5 Å². The average molecular weight is 572 g/mol. The lowest BCUT2D eigenvalue weighted by Gasteiger charge is -2.20. The van der Waals surface area contributed by atoms with Crippen molar-refractivity contribution in [2.45, 2.75) is 25.4 Å². The number of nitrogens with two attached hydrogens (primary N) is 1. The van der Waals surface area contributed by atoms with Crippen LogP contribution < -0.4 is 21.5 Å². The van der Waals surface area contributed by atoms with Crippen molar-refractivity contribution in [1.82, 2.24) is 19.3 Å². The summed E-state index contributed by atoms with van der Waals surface area (Å²) >= 11 is 1.33. The van der Waals surface area contributed by atoms with Crippen LogP contribution >= 0.6 is 11.3 Å². The Morgan fingerprint density at radius 2 is 1.97 bits per heavy atom. The number of rotatable bonds is 5. The van der Waals surface area contributed by atoms with Crippen LogP contribution in [0.1, 0.15) is 9.75 Å². The van der Waals surface area contributed by atoms with Gasteiger partial charge >= 0.3 is 17.8 Å². The number of thiophene rings is 1. The lowest BCUT2D eigenvalue weighted by molar-refractivity contribution is -0.192. The first-order valence-corrected chi connectivity index (χ1v) is 11.4. The topological polar surface area (TPSA) is 154 Å². The second-order valence-corrected chi connectivity index (χ2v) is 8.61. The van der Waals surface area contributed by atoms with Crippen molar-refractivity contribution in [3.63, 3.8) is 0 Å². The van der Waals surface area contributed by atoms with Gasteiger partial charge in [0.2, 0.25) is 6.10 Å². The van der Waals surface area contributed by atoms with Crippen molar-refractivity contribution in [3.05, 3.63) is 68.7 Å². The predicted octanol–water partition coefficient (Wildman–Crippen LogP) is 2.04. The number of aromatic nitrogens is 4. The van der Waals surface area contributed by atoms with Gasteiger partial charge in [-0.25, -0.2) is 19.3 Å². The number of halogens is 5. The van der Waals surface area contributed by atoms with E-state index in [1.165, 1.54) is 22.2 Å². The molecule has 1 unspecified atom stereocenters. The highest BCUT2D eigenvalue weighted by molar-refractivity contribution is 7.12. The summed E-state index contributed by atoms with van der Waals surface area (Å²) in [5.41, 5.74) is 4.40. The molecule has 3 aromatic rings. The summed E-state index contributed by atoms with van der Waals surface area (Å²) in [4.78, 5) is 38.9. The fraction of sp³-hybridized carbons (Fsp3) is 0.227. The highest BCUT2D eigenvalue weighted by atomic mass is 32.1. The third-order valence-corrected chi connectivity index (χ3v) is 5.69. The number of aliphatic carboxylic acids is 1. The number of fused-ring (bicyclic) bond motifs is 1. The molecule has 206 valence electrons. The average Bonchev–Trinajstić information content (AvgIpc) is 3.47. The number of hydrogen-bond donors (Lipinski definition) is 3. The maximum absolute atomic E-state index is 12.8. The Kier molecular flexibility index (Phi) is 9.16. The van der Waals surface area contributed by atoms with Gasteiger partial charge in [-0.1, -0.05) is 5.92 Å². The van der Waals surface area contributed by atoms with Crippen LogP contribution in [0, 0.1) is 11.8 Å². The largest absolute Gasteiger partial charge is 0.490 e. The Bertz CT molecular complexity index is 1510. The van der Waals surface area contributed by atoms with Crippen molar-refractivity contribution < 1.29 is 41.4 Å². The zero-order valence-electron chi connectivity index (χ0n) is 19.4. The predicted molar refractivity (Wildman–Crippen MR) is 126 cm³/mol. The molecule has 3 aromatic heterocycles. The standard InChI is InChI=1S/C20H16F2N6O3S.C2HF3O2/c21-17(22)12(8-23)9-28-20(30)27(11-25-28)10-14-4-3-13(32-14)5-6-16-19(29)26-18-15(31-16)2-1-7-24-18;3-2(4,5)1(6)7/h1-4,7,11,16H,8-10,23H2,(H,24,26,29);(H,6,7). The molecule has 11 nitrogen and oxygen atoms in total. The zero-order chi connectivity index (χ0) is 28.7. The molecule has 0 saturated heterocycles. The molecule has 39 heavy (non-hydrogen) atoms. The molecule has 1 amide bonds. The Hall–Kier alpha value is -4.56. The molecule has 0 radical (unpaired) electrons. The summed E-state index contributed by atoms with van der Waals surface area (Å²) < 4.78 is 65.1. The van der Waals surface area contributed by atoms with E-state index in [0.717, 1.165) is 9.56 Å². The van der Waals surface area contributed by atoms with Gasteiger partial charge in [-0.15, -0.1) is 11.3 Å². The number of nitrogens with one attached hydrogen (secondary N) is 1. The Morgan fingerprint density at radius 3 is 2.62 bits per heavy atom. The van der Waals surface area contributed by atoms with Crippen LogP contribution in [-0.4, -0.2) is 55.1 Å². The number of ether oxygens (including phenoxy) is 1. The SMILES string of the molecule is NCC(Cn1ncn(Cc2ccc(C#CC3Oc4cccnc4NC3=O)s2)c1=O)=C(F)F.O=C(O)C(F)(F)F. The molecule has 17 heteroatoms. The summed E-state index contributed by atoms with van der Waals surface area (Å²) in [5, 5.41) is 13.6. The van der Waals surface area contributed by atoms with Crippen LogP contribution in [0.4, 0.5) is 27.8 Å². The van der Waals surface area contributed by atoms with Crippen LogP contribution in [0.3, 0.4) is 0 Å². The lowest BCUT2D eigenvalue weighted by atomic mass is 10.2. The Labute approximate surface area is 219 Å². The highest BCUT2D eigenvalue weighted by Gasteiger charge is 2.38. The smallest absolute Gasteiger partial charge is 0.475 e. The maximum atomic E-state index is 12.8. The second kappa shape index (κ2) is 12.3. The number of hydrogen-bond acceptors (Lipinski definition) is 8. The van der Waals surface area contributed by atoms with Crippen molar-refractivity contribution in [2.75, 3.05) is 11.9 Å². The monoisotopic (exact) mass is 572 g/mol. The summed E-state index contributed by atoms with van der Waals surface area (Å²) in [7, 11) is 0. The quantitative estimate of drug-likeness (QED) is 0.310. The number of alkyl halides is 3. The number of anilines is 1. The summed E-state index contributed by atoms with van der Waals surface area (Å²) in [6.45, 7) is -0.530. The molecule has 0 bridgehead atoms. The highest BCUT2D eigenvalue weighted by Crippen LogP contribution is 2.26. The minimum atomic E-state index is -5.08. The second-order valence-electron chi connectivity index (χ2n) is 7.44. The van der Waals surface area contributed by atoms with E-state index in [-0.39, 0.29) is 25.2 Å². The summed E-state index contributed by atoms with van der Waals surface area (Å²) in [6, 6.07) is 6.92. The van der Waals surface area contributed by atoms with E-state index in [2.05, 4.69) is 27.2 Å². The van der Waals surface area contributed by atoms with E-state index in [0.29, 0.717) is 16.4 Å². The van der Waals surface area contributed by atoms with E-state index >= 15 is 0 Å². The first-order chi connectivity index (χ1) is 18.4. The molecule has 0 aromatic carbocycles. The Balaban J connectivity index is 0.000000532. The fourth-order valence-corrected chi connectivity index (χ4v) is 3.71. The number of carboxylic acids is 1. The first kappa shape index (κ1) is 29.0. The van der Waals surface area contributed by atoms with Crippen molar-refractivity contribution in [1.29, 1.82) is 0 Å². The number of carboxylic acid groups (broad SMARTS) is 1. The minimum Gasteiger partial charge on any atom is -0.475 e. The molecule has 4 heterocycles. The normalized spacial score (nSPS) is 14.0. The Morgan fingerprint density at radius 1 is 1.26 bits per heavy atom. The number of nitrogens with zero attached hydrogens (tertiary/aromatic N) is 4. The molecule has 4 N–H and O–H groups in total. The van der Waals surface area contributed by atoms with Gasteiger partial charge in [0, 0.05) is 23.2 Å². The number of pyridine rings is 1. The van der Waals surface area contributed by atoms with Gasteiger partial charge in [0.15, 0.2) is 11.6 Å². The summed E-state index contributed by atoms with van der Waals surface area (Å²) in [6.07, 6.45) is -5.14. The fourth-order valence-electron chi connectivity index (χ4n) is 2.84. The summed E-state index contributed by atoms with van der Waals surface area (Å²) in [5.74, 6) is 3.31. The number of carbonyl (C=O) groups is 2. The van der Waals surface area contributed by atoms with Crippen LogP contribution in [0.15, 0.2) is 53.2 Å². The van der Waals surface area contributed by atoms with Gasteiger partial charge in [0.25, 0.3) is 12.0 Å². The van der Waals surface area contributed by atoms with Gasteiger partial charge in [-0.05, 0) is 30.2 Å². The van der Waals surface area contributed by atoms with E-state index in [4.69, 9.17) is 20.4 Å². The third kappa shape index (κ3) is 7.72. The number of carbonyl (C=O) groups excluding carboxylic acids is 1. The lowest BCUT2D eigenvalue weighted by Crippen LogP contribution is -2.36. The minimum absolute atomic E-state index is 0.199. The molecule has 4 rings (SSSR count). The van der Waals surface area contributed by atoms with E-state index < -0.39 is 35.9 Å².